The second-order valence-electron chi connectivity index (χ2n) is 17.5. The summed E-state index contributed by atoms with van der Waals surface area (Å²) in [4.78, 5) is 18.6. The summed E-state index contributed by atoms with van der Waals surface area (Å²) in [5.41, 5.74) is 20.8. The van der Waals surface area contributed by atoms with Gasteiger partial charge in [-0.25, -0.2) is 0 Å². The molecule has 0 saturated carbocycles. The molecule has 6 aliphatic rings. The van der Waals surface area contributed by atoms with Crippen molar-refractivity contribution < 1.29 is 0 Å². The number of benzene rings is 6. The van der Waals surface area contributed by atoms with Crippen molar-refractivity contribution in [1.82, 2.24) is 15.0 Å². The summed E-state index contributed by atoms with van der Waals surface area (Å²) in [6, 6.07) is 58.3. The van der Waals surface area contributed by atoms with Crippen LogP contribution in [0.3, 0.4) is 0 Å². The van der Waals surface area contributed by atoms with Crippen molar-refractivity contribution in [2.75, 3.05) is 4.90 Å². The van der Waals surface area contributed by atoms with E-state index in [0.717, 1.165) is 118 Å². The molecule has 6 heterocycles. The fourth-order valence-corrected chi connectivity index (χ4v) is 13.2. The topological polar surface area (TPSA) is 113 Å². The van der Waals surface area contributed by atoms with Gasteiger partial charge in [0.25, 0.3) is 0 Å². The summed E-state index contributed by atoms with van der Waals surface area (Å²) in [5, 5.41) is 30.8. The molecule has 3 aromatic heterocycles. The predicted molar refractivity (Wildman–Crippen MR) is 241 cm³/mol. The fraction of sp³-hybridized carbons (Fsp3) is 0.0526. The average molecular weight is 810 g/mol. The zero-order valence-corrected chi connectivity index (χ0v) is 33.7. The van der Waals surface area contributed by atoms with Gasteiger partial charge in [0.05, 0.1) is 85.3 Å². The van der Waals surface area contributed by atoms with E-state index in [2.05, 4.69) is 114 Å². The highest BCUT2D eigenvalue weighted by molar-refractivity contribution is 6.07. The maximum atomic E-state index is 10.3. The van der Waals surface area contributed by atoms with E-state index >= 15 is 0 Å². The van der Waals surface area contributed by atoms with Crippen LogP contribution >= 0.6 is 0 Å². The van der Waals surface area contributed by atoms with Gasteiger partial charge in [-0.3, -0.25) is 15.0 Å². The van der Waals surface area contributed by atoms with E-state index in [1.54, 1.807) is 0 Å². The number of rotatable bonds is 0. The SMILES string of the molecule is N#Cc1ccc2c(c1)-c1cccnc1C21c2cccc3c2N2c4c1cccc4C1(c4ccc(C#N)cc4-c4cccnc41)c1cccc(c12)C31c2ccc(C#N)cc2-c2cccnc21. The Balaban J connectivity index is 1.21. The Hall–Kier alpha value is -8.96. The number of hydrogen-bond donors (Lipinski definition) is 0. The van der Waals surface area contributed by atoms with Crippen LogP contribution in [0.2, 0.25) is 0 Å². The standard InChI is InChI=1S/C57H27N7/c58-28-31-16-19-40-37(25-31)34-7-4-22-61-52(34)55(40)43-10-1-11-44-49(43)64-50-45(55)12-2-14-47(50)57(42-21-18-33(30-60)27-39(42)36-9-6-24-63-54(36)57)48-15-3-13-46(51(48)64)56(44)41-20-17-32(29-59)26-38(41)35-8-5-23-62-53(35)56/h1-27H. The largest absolute Gasteiger partial charge is 0.308 e. The summed E-state index contributed by atoms with van der Waals surface area (Å²) >= 11 is 0. The molecule has 3 aliphatic heterocycles. The molecule has 15 rings (SSSR count). The van der Waals surface area contributed by atoms with Crippen LogP contribution in [-0.4, -0.2) is 15.0 Å². The summed E-state index contributed by atoms with van der Waals surface area (Å²) in [7, 11) is 0. The lowest BCUT2D eigenvalue weighted by Crippen LogP contribution is -2.48. The minimum absolute atomic E-state index is 0.591. The van der Waals surface area contributed by atoms with Gasteiger partial charge in [0.1, 0.15) is 0 Å². The maximum Gasteiger partial charge on any atom is 0.0991 e. The van der Waals surface area contributed by atoms with Crippen molar-refractivity contribution in [3.63, 3.8) is 0 Å². The number of anilines is 3. The normalized spacial score (nSPS) is 20.3. The molecule has 0 amide bonds. The van der Waals surface area contributed by atoms with Crippen LogP contribution in [0.15, 0.2) is 164 Å². The molecular formula is C57H27N7. The third-order valence-corrected chi connectivity index (χ3v) is 15.2. The van der Waals surface area contributed by atoms with Crippen LogP contribution in [-0.2, 0) is 16.2 Å². The maximum absolute atomic E-state index is 10.3. The number of hydrogen-bond acceptors (Lipinski definition) is 7. The first kappa shape index (κ1) is 33.7. The number of para-hydroxylation sites is 3. The molecule has 0 saturated heterocycles. The van der Waals surface area contributed by atoms with Crippen LogP contribution in [0.25, 0.3) is 33.4 Å². The Morgan fingerprint density at radius 1 is 0.328 bits per heavy atom. The monoisotopic (exact) mass is 809 g/mol. The van der Waals surface area contributed by atoms with Crippen LogP contribution in [0.4, 0.5) is 17.1 Å². The first-order chi connectivity index (χ1) is 31.6. The molecule has 0 unspecified atom stereocenters. The first-order valence-electron chi connectivity index (χ1n) is 21.3. The van der Waals surface area contributed by atoms with Crippen LogP contribution in [0.5, 0.6) is 0 Å². The van der Waals surface area contributed by atoms with Crippen molar-refractivity contribution in [2.24, 2.45) is 0 Å². The number of nitrogens with zero attached hydrogens (tertiary/aromatic N) is 7. The second kappa shape index (κ2) is 11.1. The van der Waals surface area contributed by atoms with Gasteiger partial charge < -0.3 is 4.90 Å². The number of pyridine rings is 3. The quantitative estimate of drug-likeness (QED) is 0.150. The fourth-order valence-electron chi connectivity index (χ4n) is 13.2. The zero-order chi connectivity index (χ0) is 42.3. The molecule has 290 valence electrons. The Kier molecular flexibility index (Phi) is 5.85. The van der Waals surface area contributed by atoms with E-state index in [9.17, 15) is 15.8 Å². The lowest BCUT2D eigenvalue weighted by molar-refractivity contribution is 0.650. The minimum atomic E-state index is -0.905. The van der Waals surface area contributed by atoms with Crippen LogP contribution < -0.4 is 4.90 Å². The summed E-state index contributed by atoms with van der Waals surface area (Å²) in [6.45, 7) is 0. The van der Waals surface area contributed by atoms with Crippen molar-refractivity contribution in [1.29, 1.82) is 15.8 Å². The van der Waals surface area contributed by atoms with Crippen molar-refractivity contribution in [2.45, 2.75) is 16.2 Å². The second-order valence-corrected chi connectivity index (χ2v) is 17.5. The highest BCUT2D eigenvalue weighted by Crippen LogP contribution is 2.75. The third kappa shape index (κ3) is 3.35. The van der Waals surface area contributed by atoms with Gasteiger partial charge in [-0.05, 0) is 121 Å². The average Bonchev–Trinajstić information content (AvgIpc) is 3.93. The number of nitriles is 3. The molecular weight excluding hydrogens is 783 g/mol. The number of fused-ring (bicyclic) bond motifs is 21. The molecule has 9 aromatic rings. The lowest BCUT2D eigenvalue weighted by Gasteiger charge is -2.56. The van der Waals surface area contributed by atoms with Crippen molar-refractivity contribution in [3.05, 3.63) is 248 Å². The van der Waals surface area contributed by atoms with Crippen LogP contribution in [0, 0.1) is 34.0 Å². The predicted octanol–water partition coefficient (Wildman–Crippen LogP) is 11.0. The van der Waals surface area contributed by atoms with Gasteiger partial charge in [0, 0.05) is 35.3 Å². The number of aromatic nitrogens is 3. The Morgan fingerprint density at radius 2 is 0.625 bits per heavy atom. The summed E-state index contributed by atoms with van der Waals surface area (Å²) in [6.07, 6.45) is 5.68. The van der Waals surface area contributed by atoms with E-state index in [0.29, 0.717) is 16.7 Å². The Morgan fingerprint density at radius 3 is 0.906 bits per heavy atom. The van der Waals surface area contributed by atoms with E-state index in [1.165, 1.54) is 0 Å². The lowest BCUT2D eigenvalue weighted by atomic mass is 9.55. The molecule has 0 bridgehead atoms. The Labute approximate surface area is 367 Å². The van der Waals surface area contributed by atoms with Gasteiger partial charge in [-0.2, -0.15) is 15.8 Å². The Bertz CT molecular complexity index is 3410. The summed E-state index contributed by atoms with van der Waals surface area (Å²) < 4.78 is 0. The van der Waals surface area contributed by atoms with Crippen molar-refractivity contribution in [3.8, 4) is 51.6 Å². The van der Waals surface area contributed by atoms with E-state index in [4.69, 9.17) is 15.0 Å². The highest BCUT2D eigenvalue weighted by atomic mass is 15.2. The van der Waals surface area contributed by atoms with E-state index < -0.39 is 16.2 Å². The minimum Gasteiger partial charge on any atom is -0.308 e. The molecule has 0 atom stereocenters. The van der Waals surface area contributed by atoms with E-state index in [1.807, 2.05) is 73.2 Å². The van der Waals surface area contributed by atoms with Gasteiger partial charge >= 0.3 is 0 Å². The molecule has 7 nitrogen and oxygen atoms in total. The third-order valence-electron chi connectivity index (χ3n) is 15.2. The van der Waals surface area contributed by atoms with Gasteiger partial charge in [-0.1, -0.05) is 91.0 Å². The molecule has 3 aliphatic carbocycles. The van der Waals surface area contributed by atoms with Crippen molar-refractivity contribution >= 4 is 17.1 Å². The zero-order valence-electron chi connectivity index (χ0n) is 33.7. The van der Waals surface area contributed by atoms with Gasteiger partial charge in [0.2, 0.25) is 0 Å². The molecule has 0 N–H and O–H groups in total. The molecule has 3 spiro atoms. The smallest absolute Gasteiger partial charge is 0.0991 e. The molecule has 0 fully saturated rings. The molecule has 0 radical (unpaired) electrons. The molecule has 64 heavy (non-hydrogen) atoms. The highest BCUT2D eigenvalue weighted by Gasteiger charge is 2.64. The first-order valence-corrected chi connectivity index (χ1v) is 21.3. The van der Waals surface area contributed by atoms with Gasteiger partial charge in [0.15, 0.2) is 0 Å². The molecule has 7 heteroatoms. The molecule has 6 aromatic carbocycles. The van der Waals surface area contributed by atoms with Gasteiger partial charge in [-0.15, -0.1) is 0 Å². The van der Waals surface area contributed by atoms with E-state index in [-0.39, 0.29) is 0 Å². The van der Waals surface area contributed by atoms with Crippen LogP contribution in [0.1, 0.15) is 83.8 Å². The summed E-state index contributed by atoms with van der Waals surface area (Å²) in [5.74, 6) is 0.